The lowest BCUT2D eigenvalue weighted by Gasteiger charge is -2.55. The molecule has 0 aromatic heterocycles. The van der Waals surface area contributed by atoms with Crippen molar-refractivity contribution in [2.75, 3.05) is 6.54 Å². The number of hydrogen-bond donors (Lipinski definition) is 1. The predicted molar refractivity (Wildman–Crippen MR) is 136 cm³/mol. The van der Waals surface area contributed by atoms with Crippen LogP contribution in [0.4, 0.5) is 4.79 Å². The fourth-order valence-electron chi connectivity index (χ4n) is 6.21. The van der Waals surface area contributed by atoms with Crippen molar-refractivity contribution in [2.45, 2.75) is 39.8 Å². The Morgan fingerprint density at radius 2 is 1.80 bits per heavy atom. The van der Waals surface area contributed by atoms with E-state index in [1.807, 2.05) is 60.4 Å². The van der Waals surface area contributed by atoms with Gasteiger partial charge < -0.3 is 5.32 Å². The molecular weight excluding hydrogens is 460 g/mol. The van der Waals surface area contributed by atoms with Gasteiger partial charge in [0.2, 0.25) is 5.91 Å². The first-order valence-electron chi connectivity index (χ1n) is 11.9. The summed E-state index contributed by atoms with van der Waals surface area (Å²) in [7, 11) is 0. The molecule has 0 saturated carbocycles. The van der Waals surface area contributed by atoms with Crippen LogP contribution in [0.25, 0.3) is 0 Å². The molecule has 1 saturated heterocycles. The number of amides is 3. The van der Waals surface area contributed by atoms with Gasteiger partial charge in [-0.25, -0.2) is 4.79 Å². The maximum Gasteiger partial charge on any atom is 0.330 e. The fraction of sp³-hybridized carbons (Fsp3) is 0.321. The van der Waals surface area contributed by atoms with E-state index in [9.17, 15) is 9.59 Å². The average Bonchev–Trinajstić information content (AvgIpc) is 3.23. The molecule has 0 radical (unpaired) electrons. The van der Waals surface area contributed by atoms with E-state index < -0.39 is 5.41 Å². The third kappa shape index (κ3) is 3.05. The Morgan fingerprint density at radius 1 is 1.09 bits per heavy atom. The largest absolute Gasteiger partial charge is 0.330 e. The number of nitrogens with zero attached hydrogens (tertiary/aromatic N) is 3. The Kier molecular flexibility index (Phi) is 4.77. The molecule has 4 atom stereocenters. The molecular formula is C28H27ClN4O2. The van der Waals surface area contributed by atoms with Gasteiger partial charge in [0.1, 0.15) is 12.4 Å². The van der Waals surface area contributed by atoms with Crippen LogP contribution in [0.1, 0.15) is 43.5 Å². The molecule has 0 spiro atoms. The van der Waals surface area contributed by atoms with Crippen molar-refractivity contribution < 1.29 is 9.59 Å². The average molecular weight is 487 g/mol. The summed E-state index contributed by atoms with van der Waals surface area (Å²) < 4.78 is 0. The van der Waals surface area contributed by atoms with Gasteiger partial charge in [0, 0.05) is 22.2 Å². The summed E-state index contributed by atoms with van der Waals surface area (Å²) in [6.45, 7) is 8.38. The molecule has 1 aliphatic carbocycles. The molecule has 3 amide bonds. The van der Waals surface area contributed by atoms with Gasteiger partial charge in [-0.15, -0.1) is 0 Å². The quantitative estimate of drug-likeness (QED) is 0.593. The fourth-order valence-corrected chi connectivity index (χ4v) is 6.33. The van der Waals surface area contributed by atoms with E-state index in [-0.39, 0.29) is 36.5 Å². The molecule has 4 unspecified atom stereocenters. The van der Waals surface area contributed by atoms with Crippen molar-refractivity contribution in [1.29, 1.82) is 0 Å². The summed E-state index contributed by atoms with van der Waals surface area (Å²) in [6, 6.07) is 14.9. The third-order valence-corrected chi connectivity index (χ3v) is 8.22. The standard InChI is InChI=1S/C28H27ClN4O2/c1-15-7-5-6-8-20(15)26-31-23(18-9-11-19(29)12-10-18)25-28(4)13-16(2)17(3)22-24(28)32(14-21(34)30-22)27(35)33(25)26/h5-13,17,23,25H,14H2,1-4H3,(H,30,34). The SMILES string of the molecule is CC1=CC2(C)C3=C(NC(=O)CN3C(=O)N3C(c4ccccc4C)=NC(c4ccc(Cl)cc4)C32)C1C. The Hall–Kier alpha value is -3.38. The Morgan fingerprint density at radius 3 is 2.51 bits per heavy atom. The number of allylic oxidation sites excluding steroid dienone is 1. The number of amidine groups is 1. The Balaban J connectivity index is 1.62. The minimum atomic E-state index is -0.550. The number of aryl methyl sites for hydroxylation is 1. The lowest BCUT2D eigenvalue weighted by atomic mass is 9.66. The minimum Gasteiger partial charge on any atom is -0.326 e. The number of nitrogens with one attached hydrogen (secondary N) is 1. The zero-order valence-electron chi connectivity index (χ0n) is 20.2. The van der Waals surface area contributed by atoms with Crippen LogP contribution in [0.3, 0.4) is 0 Å². The molecule has 1 fully saturated rings. The third-order valence-electron chi connectivity index (χ3n) is 7.97. The first kappa shape index (κ1) is 22.1. The number of aliphatic imine (C=N–C) groups is 1. The van der Waals surface area contributed by atoms with Crippen LogP contribution in [0, 0.1) is 18.3 Å². The second kappa shape index (κ2) is 7.56. The number of halogens is 1. The van der Waals surface area contributed by atoms with E-state index in [2.05, 4.69) is 32.2 Å². The van der Waals surface area contributed by atoms with Crippen LogP contribution in [-0.2, 0) is 4.79 Å². The van der Waals surface area contributed by atoms with Crippen molar-refractivity contribution in [3.8, 4) is 0 Å². The Labute approximate surface area is 210 Å². The first-order valence-corrected chi connectivity index (χ1v) is 12.3. The van der Waals surface area contributed by atoms with Crippen LogP contribution in [0.5, 0.6) is 0 Å². The summed E-state index contributed by atoms with van der Waals surface area (Å²) >= 11 is 6.21. The van der Waals surface area contributed by atoms with Crippen LogP contribution in [-0.4, -0.2) is 40.2 Å². The molecule has 0 bridgehead atoms. The van der Waals surface area contributed by atoms with Crippen LogP contribution in [0.15, 0.2) is 76.6 Å². The highest BCUT2D eigenvalue weighted by Gasteiger charge is 2.61. The van der Waals surface area contributed by atoms with Gasteiger partial charge in [0.15, 0.2) is 0 Å². The molecule has 6 rings (SSSR count). The van der Waals surface area contributed by atoms with Crippen LogP contribution in [0.2, 0.25) is 5.02 Å². The van der Waals surface area contributed by atoms with Gasteiger partial charge >= 0.3 is 6.03 Å². The van der Waals surface area contributed by atoms with Crippen molar-refractivity contribution in [1.82, 2.24) is 15.1 Å². The highest BCUT2D eigenvalue weighted by molar-refractivity contribution is 6.30. The highest BCUT2D eigenvalue weighted by atomic mass is 35.5. The minimum absolute atomic E-state index is 0.00273. The molecule has 3 heterocycles. The van der Waals surface area contributed by atoms with Crippen molar-refractivity contribution in [2.24, 2.45) is 16.3 Å². The summed E-state index contributed by atoms with van der Waals surface area (Å²) in [5.41, 5.74) is 5.31. The van der Waals surface area contributed by atoms with E-state index in [1.54, 1.807) is 4.90 Å². The molecule has 6 nitrogen and oxygen atoms in total. The highest BCUT2D eigenvalue weighted by Crippen LogP contribution is 2.56. The van der Waals surface area contributed by atoms with Crippen molar-refractivity contribution >= 4 is 29.4 Å². The van der Waals surface area contributed by atoms with Crippen LogP contribution < -0.4 is 5.32 Å². The molecule has 35 heavy (non-hydrogen) atoms. The number of urea groups is 1. The zero-order chi connectivity index (χ0) is 24.6. The van der Waals surface area contributed by atoms with E-state index in [1.165, 1.54) is 5.57 Å². The predicted octanol–water partition coefficient (Wildman–Crippen LogP) is 5.20. The normalized spacial score (nSPS) is 29.5. The molecule has 4 aliphatic rings. The summed E-state index contributed by atoms with van der Waals surface area (Å²) in [4.78, 5) is 35.6. The molecule has 178 valence electrons. The molecule has 7 heteroatoms. The number of benzene rings is 2. The maximum atomic E-state index is 14.2. The molecule has 2 aromatic carbocycles. The van der Waals surface area contributed by atoms with Gasteiger partial charge in [-0.3, -0.25) is 19.6 Å². The van der Waals surface area contributed by atoms with Crippen molar-refractivity contribution in [3.63, 3.8) is 0 Å². The van der Waals surface area contributed by atoms with Gasteiger partial charge in [-0.1, -0.05) is 66.6 Å². The van der Waals surface area contributed by atoms with Gasteiger partial charge in [0.05, 0.1) is 23.2 Å². The molecule has 3 aliphatic heterocycles. The first-order chi connectivity index (χ1) is 16.7. The number of fused-ring (bicyclic) bond motifs is 2. The maximum absolute atomic E-state index is 14.2. The zero-order valence-corrected chi connectivity index (χ0v) is 20.9. The monoisotopic (exact) mass is 486 g/mol. The lowest BCUT2D eigenvalue weighted by Crippen LogP contribution is -2.66. The molecule has 2 aromatic rings. The van der Waals surface area contributed by atoms with Gasteiger partial charge in [-0.05, 0) is 44.0 Å². The second-order valence-electron chi connectivity index (χ2n) is 10.2. The summed E-state index contributed by atoms with van der Waals surface area (Å²) in [5, 5.41) is 3.76. The summed E-state index contributed by atoms with van der Waals surface area (Å²) in [6.07, 6.45) is 2.28. The number of carbonyl (C=O) groups is 2. The van der Waals surface area contributed by atoms with Gasteiger partial charge in [0.25, 0.3) is 0 Å². The summed E-state index contributed by atoms with van der Waals surface area (Å²) in [5.74, 6) is 0.508. The van der Waals surface area contributed by atoms with Crippen LogP contribution >= 0.6 is 11.6 Å². The topological polar surface area (TPSA) is 65.0 Å². The lowest BCUT2D eigenvalue weighted by molar-refractivity contribution is -0.122. The van der Waals surface area contributed by atoms with E-state index in [4.69, 9.17) is 16.6 Å². The van der Waals surface area contributed by atoms with E-state index >= 15 is 0 Å². The second-order valence-corrected chi connectivity index (χ2v) is 10.6. The molecule has 1 N–H and O–H groups in total. The smallest absolute Gasteiger partial charge is 0.326 e. The number of rotatable bonds is 2. The van der Waals surface area contributed by atoms with Crippen molar-refractivity contribution in [3.05, 3.63) is 93.3 Å². The van der Waals surface area contributed by atoms with Gasteiger partial charge in [-0.2, -0.15) is 0 Å². The number of hydrogen-bond acceptors (Lipinski definition) is 3. The van der Waals surface area contributed by atoms with E-state index in [0.29, 0.717) is 10.9 Å². The Bertz CT molecular complexity index is 1380. The van der Waals surface area contributed by atoms with E-state index in [0.717, 1.165) is 28.1 Å². The number of carbonyl (C=O) groups excluding carboxylic acids is 2.